The van der Waals surface area contributed by atoms with Gasteiger partial charge < -0.3 is 27.8 Å². The maximum Gasteiger partial charge on any atom is 0.168 e. The number of nitrogens with one attached hydrogen (secondary N) is 2. The molecule has 0 radical (unpaired) electrons. The maximum absolute atomic E-state index is 5.49. The second-order valence-corrected chi connectivity index (χ2v) is 10.5. The number of thiocarbonyl (C=S) groups is 6. The molecule has 0 spiro atoms. The molecule has 0 amide bonds. The van der Waals surface area contributed by atoms with Crippen LogP contribution in [0.1, 0.15) is 25.7 Å². The molecule has 0 atom stereocenters. The van der Waals surface area contributed by atoms with Gasteiger partial charge in [-0.25, -0.2) is 19.9 Å². The lowest BCUT2D eigenvalue weighted by Gasteiger charge is -2.29. The van der Waals surface area contributed by atoms with E-state index in [2.05, 4.69) is 87.5 Å². The second kappa shape index (κ2) is 26.9. The summed E-state index contributed by atoms with van der Waals surface area (Å²) in [6.07, 6.45) is 3.94. The Morgan fingerprint density at radius 2 is 0.950 bits per heavy atom. The molecule has 3 heterocycles. The summed E-state index contributed by atoms with van der Waals surface area (Å²) in [7, 11) is 0. The van der Waals surface area contributed by atoms with Crippen molar-refractivity contribution >= 4 is 104 Å². The van der Waals surface area contributed by atoms with Crippen molar-refractivity contribution in [2.45, 2.75) is 25.7 Å². The Hall–Kier alpha value is -1.01. The van der Waals surface area contributed by atoms with Crippen molar-refractivity contribution in [3.8, 4) is 0 Å². The summed E-state index contributed by atoms with van der Waals surface area (Å²) in [6, 6.07) is 0. The molecule has 0 saturated carbocycles. The molecule has 40 heavy (non-hydrogen) atoms. The van der Waals surface area contributed by atoms with Gasteiger partial charge in [0.15, 0.2) is 5.11 Å². The van der Waals surface area contributed by atoms with Gasteiger partial charge in [0.1, 0.15) is 20.0 Å². The topological polar surface area (TPSA) is 152 Å². The van der Waals surface area contributed by atoms with Gasteiger partial charge in [0, 0.05) is 46.2 Å². The number of isothiocyanates is 3. The molecule has 0 aromatic heterocycles. The molecule has 3 fully saturated rings. The Bertz CT molecular complexity index is 759. The standard InChI is InChI=1S/C13H22N4S3.C6H6N4S3.C3H12N4/c18-11-1-5-16-7-3-12(19)4-8-17(6-2-11)10-15-13(20)14-9-16;11-4-7-1-10(2-8-5-12)3-9-6-13;4-1-7(2-5)3-6/h1-10H2,(H2,14,15,20);1-3H2;1-6H2. The number of fused-ring (bicyclic) bond motifs is 12. The first kappa shape index (κ1) is 39.0. The fourth-order valence-corrected chi connectivity index (χ4v) is 3.76. The molecule has 3 aliphatic rings. The van der Waals surface area contributed by atoms with Gasteiger partial charge in [-0.2, -0.15) is 0 Å². The van der Waals surface area contributed by atoms with E-state index >= 15 is 0 Å². The highest BCUT2D eigenvalue weighted by Crippen LogP contribution is 2.06. The molecule has 0 aromatic rings. The van der Waals surface area contributed by atoms with E-state index in [0.29, 0.717) is 40.0 Å². The lowest BCUT2D eigenvalue weighted by atomic mass is 10.1. The van der Waals surface area contributed by atoms with Gasteiger partial charge in [-0.05, 0) is 84.3 Å². The summed E-state index contributed by atoms with van der Waals surface area (Å²) in [5.41, 5.74) is 15.5. The quantitative estimate of drug-likeness (QED) is 0.134. The number of nitrogens with zero attached hydrogens (tertiary/aromatic N) is 7. The van der Waals surface area contributed by atoms with Crippen molar-refractivity contribution in [3.63, 3.8) is 0 Å². The third-order valence-corrected chi connectivity index (χ3v) is 7.03. The number of rotatable bonds is 9. The average Bonchev–Trinajstić information content (AvgIpc) is 2.96. The normalized spacial score (nSPS) is 19.5. The van der Waals surface area contributed by atoms with Gasteiger partial charge in [0.25, 0.3) is 0 Å². The van der Waals surface area contributed by atoms with Crippen molar-refractivity contribution < 1.29 is 0 Å². The van der Waals surface area contributed by atoms with Gasteiger partial charge in [-0.3, -0.25) is 14.7 Å². The Morgan fingerprint density at radius 3 is 1.20 bits per heavy atom. The van der Waals surface area contributed by atoms with E-state index in [1.165, 1.54) is 9.73 Å². The molecule has 18 heteroatoms. The molecule has 224 valence electrons. The zero-order chi connectivity index (χ0) is 30.0. The highest BCUT2D eigenvalue weighted by atomic mass is 32.1. The fourth-order valence-electron chi connectivity index (χ4n) is 3.10. The zero-order valence-electron chi connectivity index (χ0n) is 22.6. The highest BCUT2D eigenvalue weighted by Gasteiger charge is 2.15. The van der Waals surface area contributed by atoms with Gasteiger partial charge in [-0.1, -0.05) is 24.4 Å². The van der Waals surface area contributed by atoms with Crippen LogP contribution < -0.4 is 27.8 Å². The van der Waals surface area contributed by atoms with Crippen LogP contribution in [0.15, 0.2) is 15.0 Å². The third-order valence-electron chi connectivity index (χ3n) is 5.53. The van der Waals surface area contributed by atoms with Crippen LogP contribution >= 0.6 is 73.3 Å². The number of hydrogen-bond donors (Lipinski definition) is 5. The van der Waals surface area contributed by atoms with E-state index in [4.69, 9.17) is 53.9 Å². The van der Waals surface area contributed by atoms with Crippen molar-refractivity contribution in [1.29, 1.82) is 0 Å². The van der Waals surface area contributed by atoms with Crippen LogP contribution in [-0.2, 0) is 0 Å². The summed E-state index contributed by atoms with van der Waals surface area (Å²) in [6.45, 7) is 7.86. The fraction of sp³-hybridized carbons (Fsp3) is 0.727. The Morgan fingerprint density at radius 1 is 0.625 bits per heavy atom. The van der Waals surface area contributed by atoms with Gasteiger partial charge in [0.2, 0.25) is 0 Å². The van der Waals surface area contributed by atoms with Crippen molar-refractivity contribution in [2.75, 3.05) is 79.5 Å². The predicted molar refractivity (Wildman–Crippen MR) is 186 cm³/mol. The van der Waals surface area contributed by atoms with Crippen molar-refractivity contribution in [2.24, 2.45) is 32.2 Å². The minimum atomic E-state index is 0.366. The molecular weight excluding hydrogens is 625 g/mol. The summed E-state index contributed by atoms with van der Waals surface area (Å²) in [5.74, 6) is 0. The minimum Gasteiger partial charge on any atom is -0.350 e. The van der Waals surface area contributed by atoms with E-state index in [1.54, 1.807) is 9.80 Å². The first-order valence-corrected chi connectivity index (χ1v) is 14.9. The van der Waals surface area contributed by atoms with Crippen LogP contribution in [0.5, 0.6) is 0 Å². The summed E-state index contributed by atoms with van der Waals surface area (Å²) in [4.78, 5) is 21.7. The Kier molecular flexibility index (Phi) is 26.2. The van der Waals surface area contributed by atoms with Crippen LogP contribution in [0, 0.1) is 0 Å². The van der Waals surface area contributed by atoms with Crippen molar-refractivity contribution in [1.82, 2.24) is 30.2 Å². The lowest BCUT2D eigenvalue weighted by molar-refractivity contribution is 0.261. The molecule has 0 unspecified atom stereocenters. The van der Waals surface area contributed by atoms with Crippen LogP contribution in [0.25, 0.3) is 0 Å². The van der Waals surface area contributed by atoms with E-state index in [-0.39, 0.29) is 0 Å². The monoisotopic (exact) mass is 664 g/mol. The summed E-state index contributed by atoms with van der Waals surface area (Å²) in [5, 5.41) is 14.0. The smallest absolute Gasteiger partial charge is 0.168 e. The highest BCUT2D eigenvalue weighted by molar-refractivity contribution is 7.80. The Labute approximate surface area is 269 Å². The van der Waals surface area contributed by atoms with E-state index in [9.17, 15) is 0 Å². The molecule has 0 aromatic carbocycles. The van der Waals surface area contributed by atoms with Gasteiger partial charge in [0.05, 0.1) is 28.8 Å². The molecule has 3 aliphatic heterocycles. The summed E-state index contributed by atoms with van der Waals surface area (Å²) >= 11 is 29.5. The Balaban J connectivity index is 0.000000654. The zero-order valence-corrected chi connectivity index (χ0v) is 27.5. The van der Waals surface area contributed by atoms with Crippen LogP contribution in [-0.4, -0.2) is 129 Å². The predicted octanol–water partition coefficient (Wildman–Crippen LogP) is 0.803. The second-order valence-electron chi connectivity index (χ2n) is 8.37. The third kappa shape index (κ3) is 21.7. The largest absolute Gasteiger partial charge is 0.350 e. The van der Waals surface area contributed by atoms with Crippen LogP contribution in [0.4, 0.5) is 0 Å². The molecule has 3 saturated heterocycles. The van der Waals surface area contributed by atoms with E-state index in [1.807, 2.05) is 0 Å². The molecule has 3 rings (SSSR count). The van der Waals surface area contributed by atoms with Crippen molar-refractivity contribution in [3.05, 3.63) is 0 Å². The minimum absolute atomic E-state index is 0.366. The molecule has 0 aliphatic carbocycles. The number of hydrogen-bond acceptors (Lipinski definition) is 16. The van der Waals surface area contributed by atoms with E-state index < -0.39 is 0 Å². The lowest BCUT2D eigenvalue weighted by Crippen LogP contribution is -2.48. The van der Waals surface area contributed by atoms with Gasteiger partial charge in [-0.15, -0.1) is 0 Å². The number of nitrogens with two attached hydrogens (primary N) is 3. The molecule has 2 bridgehead atoms. The first-order chi connectivity index (χ1) is 19.3. The van der Waals surface area contributed by atoms with E-state index in [0.717, 1.165) is 70.3 Å². The van der Waals surface area contributed by atoms with Crippen LogP contribution in [0.3, 0.4) is 0 Å². The van der Waals surface area contributed by atoms with Crippen LogP contribution in [0.2, 0.25) is 0 Å². The van der Waals surface area contributed by atoms with Gasteiger partial charge >= 0.3 is 0 Å². The maximum atomic E-state index is 5.49. The average molecular weight is 665 g/mol. The number of aliphatic imine (C=N–C) groups is 3. The molecular formula is C22H40N12S6. The first-order valence-electron chi connectivity index (χ1n) is 12.5. The SMILES string of the molecule is NCN(CN)CN.S=C1CCN2CCC(=S)CCN(CC1)CNC(=S)NC2.S=C=NCN(CN=C=S)CN=C=S. The molecule has 12 nitrogen and oxygen atoms in total. The summed E-state index contributed by atoms with van der Waals surface area (Å²) < 4.78 is 0. The molecule has 8 N–H and O–H groups in total.